The van der Waals surface area contributed by atoms with E-state index < -0.39 is 0 Å². The van der Waals surface area contributed by atoms with Crippen molar-refractivity contribution >= 4 is 28.8 Å². The van der Waals surface area contributed by atoms with E-state index in [4.69, 9.17) is 11.6 Å². The van der Waals surface area contributed by atoms with E-state index in [2.05, 4.69) is 10.6 Å². The number of halogens is 1. The summed E-state index contributed by atoms with van der Waals surface area (Å²) in [6, 6.07) is 3.88. The van der Waals surface area contributed by atoms with Crippen LogP contribution >= 0.6 is 22.9 Å². The second kappa shape index (κ2) is 5.85. The van der Waals surface area contributed by atoms with E-state index in [1.165, 1.54) is 11.3 Å². The van der Waals surface area contributed by atoms with Crippen LogP contribution in [-0.4, -0.2) is 19.0 Å². The number of amides is 1. The molecule has 2 N–H and O–H groups in total. The number of hydrogen-bond acceptors (Lipinski definition) is 3. The normalized spacial score (nSPS) is 22.1. The Labute approximate surface area is 111 Å². The Morgan fingerprint density at radius 1 is 1.65 bits per heavy atom. The molecule has 2 unspecified atom stereocenters. The summed E-state index contributed by atoms with van der Waals surface area (Å²) in [6.45, 7) is 3.82. The Balaban J connectivity index is 1.89. The number of thiophene rings is 1. The quantitative estimate of drug-likeness (QED) is 0.888. The minimum absolute atomic E-state index is 0.0435. The lowest BCUT2D eigenvalue weighted by Crippen LogP contribution is -2.41. The summed E-state index contributed by atoms with van der Waals surface area (Å²) in [4.78, 5) is 13.1. The van der Waals surface area contributed by atoms with Gasteiger partial charge in [0.2, 0.25) is 5.91 Å². The van der Waals surface area contributed by atoms with Crippen molar-refractivity contribution in [3.63, 3.8) is 0 Å². The molecule has 1 saturated heterocycles. The zero-order chi connectivity index (χ0) is 12.3. The monoisotopic (exact) mass is 272 g/mol. The number of nitrogens with one attached hydrogen (secondary N) is 2. The number of hydrogen-bond donors (Lipinski definition) is 2. The van der Waals surface area contributed by atoms with Crippen molar-refractivity contribution < 1.29 is 4.79 Å². The zero-order valence-corrected chi connectivity index (χ0v) is 11.4. The third kappa shape index (κ3) is 3.44. The Bertz CT molecular complexity index is 388. The van der Waals surface area contributed by atoms with Gasteiger partial charge < -0.3 is 10.6 Å². The van der Waals surface area contributed by atoms with Crippen molar-refractivity contribution in [2.24, 2.45) is 5.92 Å². The molecular formula is C12H17ClN2OS. The van der Waals surface area contributed by atoms with Gasteiger partial charge in [0, 0.05) is 11.4 Å². The molecule has 2 heterocycles. The fraction of sp³-hybridized carbons (Fsp3) is 0.583. The Kier molecular flexibility index (Phi) is 4.42. The topological polar surface area (TPSA) is 41.1 Å². The highest BCUT2D eigenvalue weighted by atomic mass is 35.5. The third-order valence-electron chi connectivity index (χ3n) is 3.05. The highest BCUT2D eigenvalue weighted by Gasteiger charge is 2.22. The lowest BCUT2D eigenvalue weighted by molar-refractivity contribution is -0.126. The van der Waals surface area contributed by atoms with Crippen molar-refractivity contribution in [1.29, 1.82) is 0 Å². The predicted molar refractivity (Wildman–Crippen MR) is 71.5 cm³/mol. The van der Waals surface area contributed by atoms with Crippen LogP contribution in [0, 0.1) is 5.92 Å². The summed E-state index contributed by atoms with van der Waals surface area (Å²) in [7, 11) is 0. The number of carbonyl (C=O) groups excluding carboxylic acids is 1. The second-order valence-electron chi connectivity index (χ2n) is 4.42. The van der Waals surface area contributed by atoms with Crippen molar-refractivity contribution in [1.82, 2.24) is 10.6 Å². The lowest BCUT2D eigenvalue weighted by atomic mass is 9.98. The first-order valence-electron chi connectivity index (χ1n) is 5.93. The fourth-order valence-corrected chi connectivity index (χ4v) is 3.10. The van der Waals surface area contributed by atoms with Crippen LogP contribution in [-0.2, 0) is 4.79 Å². The van der Waals surface area contributed by atoms with E-state index in [1.54, 1.807) is 0 Å². The molecule has 0 saturated carbocycles. The van der Waals surface area contributed by atoms with Gasteiger partial charge in [0.1, 0.15) is 0 Å². The maximum Gasteiger partial charge on any atom is 0.224 e. The molecule has 2 atom stereocenters. The highest BCUT2D eigenvalue weighted by molar-refractivity contribution is 7.16. The van der Waals surface area contributed by atoms with Gasteiger partial charge in [0.05, 0.1) is 16.3 Å². The number of rotatable bonds is 3. The molecule has 1 aliphatic rings. The molecular weight excluding hydrogens is 256 g/mol. The minimum Gasteiger partial charge on any atom is -0.348 e. The Hall–Kier alpha value is -0.580. The van der Waals surface area contributed by atoms with Crippen molar-refractivity contribution in [3.8, 4) is 0 Å². The van der Waals surface area contributed by atoms with Crippen molar-refractivity contribution in [2.75, 3.05) is 13.1 Å². The summed E-state index contributed by atoms with van der Waals surface area (Å²) in [6.07, 6.45) is 2.06. The Morgan fingerprint density at radius 3 is 3.06 bits per heavy atom. The predicted octanol–water partition coefficient (Wildman–Crippen LogP) is 2.58. The maximum atomic E-state index is 12.0. The molecule has 1 amide bonds. The molecule has 5 heteroatoms. The van der Waals surface area contributed by atoms with Crippen LogP contribution in [0.5, 0.6) is 0 Å². The average molecular weight is 273 g/mol. The summed E-state index contributed by atoms with van der Waals surface area (Å²) < 4.78 is 0.764. The zero-order valence-electron chi connectivity index (χ0n) is 9.83. The molecule has 1 aliphatic heterocycles. The largest absolute Gasteiger partial charge is 0.348 e. The lowest BCUT2D eigenvalue weighted by Gasteiger charge is -2.23. The van der Waals surface area contributed by atoms with Gasteiger partial charge >= 0.3 is 0 Å². The van der Waals surface area contributed by atoms with Crippen LogP contribution in [0.15, 0.2) is 12.1 Å². The molecule has 1 aromatic heterocycles. The van der Waals surface area contributed by atoms with Gasteiger partial charge in [-0.2, -0.15) is 0 Å². The first kappa shape index (κ1) is 12.9. The van der Waals surface area contributed by atoms with Crippen LogP contribution < -0.4 is 10.6 Å². The van der Waals surface area contributed by atoms with Crippen LogP contribution in [0.25, 0.3) is 0 Å². The van der Waals surface area contributed by atoms with E-state index in [1.807, 2.05) is 19.1 Å². The number of carbonyl (C=O) groups is 1. The highest BCUT2D eigenvalue weighted by Crippen LogP contribution is 2.27. The number of piperidine rings is 1. The summed E-state index contributed by atoms with van der Waals surface area (Å²) in [5, 5.41) is 6.31. The van der Waals surface area contributed by atoms with Gasteiger partial charge in [-0.05, 0) is 38.4 Å². The van der Waals surface area contributed by atoms with E-state index in [9.17, 15) is 4.79 Å². The van der Waals surface area contributed by atoms with Crippen LogP contribution in [0.3, 0.4) is 0 Å². The molecule has 0 radical (unpaired) electrons. The molecule has 0 aromatic carbocycles. The van der Waals surface area contributed by atoms with Gasteiger partial charge in [-0.3, -0.25) is 4.79 Å². The Morgan fingerprint density at radius 2 is 2.47 bits per heavy atom. The molecule has 0 spiro atoms. The molecule has 17 heavy (non-hydrogen) atoms. The first-order chi connectivity index (χ1) is 8.16. The first-order valence-corrected chi connectivity index (χ1v) is 7.12. The second-order valence-corrected chi connectivity index (χ2v) is 6.16. The van der Waals surface area contributed by atoms with Gasteiger partial charge in [-0.25, -0.2) is 0 Å². The molecule has 94 valence electrons. The molecule has 1 fully saturated rings. The summed E-state index contributed by atoms with van der Waals surface area (Å²) in [5.41, 5.74) is 0. The van der Waals surface area contributed by atoms with Gasteiger partial charge in [0.15, 0.2) is 0 Å². The van der Waals surface area contributed by atoms with E-state index in [-0.39, 0.29) is 17.9 Å². The SMILES string of the molecule is CC(NC(=O)C1CCCNC1)c1ccc(Cl)s1. The van der Waals surface area contributed by atoms with Crippen LogP contribution in [0.2, 0.25) is 4.34 Å². The molecule has 0 aliphatic carbocycles. The maximum absolute atomic E-state index is 12.0. The van der Waals surface area contributed by atoms with Gasteiger partial charge in [-0.1, -0.05) is 11.6 Å². The smallest absolute Gasteiger partial charge is 0.224 e. The average Bonchev–Trinajstić information content (AvgIpc) is 2.77. The van der Waals surface area contributed by atoms with Crippen LogP contribution in [0.4, 0.5) is 0 Å². The minimum atomic E-state index is 0.0435. The van der Waals surface area contributed by atoms with E-state index >= 15 is 0 Å². The summed E-state index contributed by atoms with van der Waals surface area (Å²) >= 11 is 7.41. The van der Waals surface area contributed by atoms with Crippen LogP contribution in [0.1, 0.15) is 30.7 Å². The van der Waals surface area contributed by atoms with Crippen molar-refractivity contribution in [2.45, 2.75) is 25.8 Å². The van der Waals surface area contributed by atoms with E-state index in [0.717, 1.165) is 35.1 Å². The molecule has 1 aromatic rings. The third-order valence-corrected chi connectivity index (χ3v) is 4.46. The van der Waals surface area contributed by atoms with E-state index in [0.29, 0.717) is 0 Å². The fourth-order valence-electron chi connectivity index (χ4n) is 2.04. The summed E-state index contributed by atoms with van der Waals surface area (Å²) in [5.74, 6) is 0.260. The molecule has 2 rings (SSSR count). The molecule has 3 nitrogen and oxygen atoms in total. The standard InChI is InChI=1S/C12H17ClN2OS/c1-8(10-4-5-11(13)17-10)15-12(16)9-3-2-6-14-7-9/h4-5,8-9,14H,2-3,6-7H2,1H3,(H,15,16). The van der Waals surface area contributed by atoms with Crippen molar-refractivity contribution in [3.05, 3.63) is 21.3 Å². The van der Waals surface area contributed by atoms with Gasteiger partial charge in [0.25, 0.3) is 0 Å². The van der Waals surface area contributed by atoms with Gasteiger partial charge in [-0.15, -0.1) is 11.3 Å². The molecule has 0 bridgehead atoms.